The first-order chi connectivity index (χ1) is 11.1. The van der Waals surface area contributed by atoms with Crippen LogP contribution < -0.4 is 10.7 Å². The summed E-state index contributed by atoms with van der Waals surface area (Å²) in [6.07, 6.45) is 4.33. The maximum Gasteiger partial charge on any atom is 0.259 e. The standard InChI is InChI=1S/C17H17N3O3/c1-13(14-6-3-2-4-7-14)19-20-17(22)12-18-16(21)10-9-15-8-5-11-23-15/h2-11H,12H2,1H3,(H,18,21)(H,20,22). The molecule has 0 radical (unpaired) electrons. The molecule has 2 aromatic rings. The molecule has 0 bridgehead atoms. The Morgan fingerprint density at radius 2 is 1.96 bits per heavy atom. The smallest absolute Gasteiger partial charge is 0.259 e. The highest BCUT2D eigenvalue weighted by atomic mass is 16.3. The third-order valence-corrected chi connectivity index (χ3v) is 2.91. The average Bonchev–Trinajstić information content (AvgIpc) is 3.10. The molecule has 1 heterocycles. The molecule has 0 spiro atoms. The van der Waals surface area contributed by atoms with Gasteiger partial charge in [0.2, 0.25) is 5.91 Å². The predicted octanol–water partition coefficient (Wildman–Crippen LogP) is 1.95. The molecular formula is C17H17N3O3. The van der Waals surface area contributed by atoms with Crippen LogP contribution >= 0.6 is 0 Å². The lowest BCUT2D eigenvalue weighted by Crippen LogP contribution is -2.34. The van der Waals surface area contributed by atoms with Gasteiger partial charge in [-0.3, -0.25) is 9.59 Å². The molecule has 2 N–H and O–H groups in total. The van der Waals surface area contributed by atoms with Crippen LogP contribution in [0.2, 0.25) is 0 Å². The van der Waals surface area contributed by atoms with E-state index in [1.54, 1.807) is 19.1 Å². The molecule has 0 saturated carbocycles. The van der Waals surface area contributed by atoms with Crippen LogP contribution in [0, 0.1) is 0 Å². The number of hydrogen-bond acceptors (Lipinski definition) is 4. The largest absolute Gasteiger partial charge is 0.465 e. The fraction of sp³-hybridized carbons (Fsp3) is 0.118. The Labute approximate surface area is 133 Å². The van der Waals surface area contributed by atoms with E-state index in [9.17, 15) is 9.59 Å². The van der Waals surface area contributed by atoms with Crippen molar-refractivity contribution in [1.29, 1.82) is 0 Å². The number of nitrogens with one attached hydrogen (secondary N) is 2. The van der Waals surface area contributed by atoms with Gasteiger partial charge in [0, 0.05) is 6.08 Å². The van der Waals surface area contributed by atoms with Crippen LogP contribution in [-0.2, 0) is 9.59 Å². The highest BCUT2D eigenvalue weighted by Crippen LogP contribution is 2.01. The molecule has 118 valence electrons. The minimum atomic E-state index is -0.403. The molecule has 23 heavy (non-hydrogen) atoms. The number of nitrogens with zero attached hydrogens (tertiary/aromatic N) is 1. The van der Waals surface area contributed by atoms with Crippen LogP contribution in [0.3, 0.4) is 0 Å². The molecule has 2 rings (SSSR count). The normalized spacial score (nSPS) is 11.4. The van der Waals surface area contributed by atoms with E-state index in [2.05, 4.69) is 15.8 Å². The molecule has 0 unspecified atom stereocenters. The topological polar surface area (TPSA) is 83.7 Å². The lowest BCUT2D eigenvalue weighted by molar-refractivity contribution is -0.123. The number of hydrogen-bond donors (Lipinski definition) is 2. The molecule has 2 amide bonds. The Bertz CT molecular complexity index is 704. The molecule has 0 aliphatic carbocycles. The lowest BCUT2D eigenvalue weighted by Gasteiger charge is -2.03. The van der Waals surface area contributed by atoms with Gasteiger partial charge in [-0.25, -0.2) is 5.43 Å². The number of hydrazone groups is 1. The van der Waals surface area contributed by atoms with Crippen molar-refractivity contribution >= 4 is 23.6 Å². The van der Waals surface area contributed by atoms with E-state index >= 15 is 0 Å². The van der Waals surface area contributed by atoms with Crippen LogP contribution in [0.1, 0.15) is 18.2 Å². The maximum absolute atomic E-state index is 11.6. The van der Waals surface area contributed by atoms with E-state index in [-0.39, 0.29) is 12.5 Å². The third-order valence-electron chi connectivity index (χ3n) is 2.91. The van der Waals surface area contributed by atoms with Crippen LogP contribution in [0.5, 0.6) is 0 Å². The summed E-state index contributed by atoms with van der Waals surface area (Å²) < 4.78 is 5.05. The zero-order valence-corrected chi connectivity index (χ0v) is 12.7. The van der Waals surface area contributed by atoms with Crippen LogP contribution in [-0.4, -0.2) is 24.1 Å². The summed E-state index contributed by atoms with van der Waals surface area (Å²) >= 11 is 0. The first kappa shape index (κ1) is 16.2. The summed E-state index contributed by atoms with van der Waals surface area (Å²) in [5, 5.41) is 6.45. The van der Waals surface area contributed by atoms with Crippen molar-refractivity contribution in [3.8, 4) is 0 Å². The van der Waals surface area contributed by atoms with Crippen LogP contribution in [0.25, 0.3) is 6.08 Å². The van der Waals surface area contributed by atoms with Gasteiger partial charge in [0.05, 0.1) is 18.5 Å². The van der Waals surface area contributed by atoms with Crippen LogP contribution in [0.15, 0.2) is 64.3 Å². The van der Waals surface area contributed by atoms with Gasteiger partial charge < -0.3 is 9.73 Å². The number of carbonyl (C=O) groups excluding carboxylic acids is 2. The van der Waals surface area contributed by atoms with Gasteiger partial charge in [-0.05, 0) is 30.7 Å². The zero-order valence-electron chi connectivity index (χ0n) is 12.7. The second kappa shape index (κ2) is 8.33. The van der Waals surface area contributed by atoms with E-state index < -0.39 is 5.91 Å². The van der Waals surface area contributed by atoms with Gasteiger partial charge in [0.25, 0.3) is 5.91 Å². The molecular weight excluding hydrogens is 294 g/mol. The van der Waals surface area contributed by atoms with Crippen LogP contribution in [0.4, 0.5) is 0 Å². The molecule has 6 heteroatoms. The van der Waals surface area contributed by atoms with Gasteiger partial charge >= 0.3 is 0 Å². The Kier molecular flexibility index (Phi) is 5.88. The maximum atomic E-state index is 11.6. The highest BCUT2D eigenvalue weighted by Gasteiger charge is 2.03. The number of rotatable bonds is 6. The second-order valence-electron chi connectivity index (χ2n) is 4.66. The summed E-state index contributed by atoms with van der Waals surface area (Å²) in [6.45, 7) is 1.63. The van der Waals surface area contributed by atoms with Crippen molar-refractivity contribution in [2.24, 2.45) is 5.10 Å². The van der Waals surface area contributed by atoms with Crippen molar-refractivity contribution < 1.29 is 14.0 Å². The molecule has 1 aromatic heterocycles. The first-order valence-corrected chi connectivity index (χ1v) is 7.03. The fourth-order valence-corrected chi connectivity index (χ4v) is 1.70. The van der Waals surface area contributed by atoms with Crippen molar-refractivity contribution in [2.45, 2.75) is 6.92 Å². The number of amides is 2. The number of carbonyl (C=O) groups is 2. The molecule has 6 nitrogen and oxygen atoms in total. The number of benzene rings is 1. The van der Waals surface area contributed by atoms with Gasteiger partial charge in [0.1, 0.15) is 5.76 Å². The van der Waals surface area contributed by atoms with Crippen molar-refractivity contribution in [3.63, 3.8) is 0 Å². The van der Waals surface area contributed by atoms with E-state index in [0.717, 1.165) is 5.56 Å². The molecule has 1 aromatic carbocycles. The van der Waals surface area contributed by atoms with E-state index in [4.69, 9.17) is 4.42 Å². The van der Waals surface area contributed by atoms with E-state index in [1.165, 1.54) is 18.4 Å². The Morgan fingerprint density at radius 3 is 2.65 bits per heavy atom. The van der Waals surface area contributed by atoms with E-state index in [1.807, 2.05) is 30.3 Å². The Morgan fingerprint density at radius 1 is 1.17 bits per heavy atom. The SMILES string of the molecule is CC(=NNC(=O)CNC(=O)C=Cc1ccco1)c1ccccc1. The van der Waals surface area contributed by atoms with Gasteiger partial charge in [-0.15, -0.1) is 0 Å². The summed E-state index contributed by atoms with van der Waals surface area (Å²) in [5.74, 6) is -0.229. The second-order valence-corrected chi connectivity index (χ2v) is 4.66. The molecule has 0 fully saturated rings. The summed E-state index contributed by atoms with van der Waals surface area (Å²) in [6, 6.07) is 12.9. The minimum Gasteiger partial charge on any atom is -0.465 e. The predicted molar refractivity (Wildman–Crippen MR) is 87.5 cm³/mol. The van der Waals surface area contributed by atoms with Gasteiger partial charge in [0.15, 0.2) is 0 Å². The first-order valence-electron chi connectivity index (χ1n) is 7.03. The average molecular weight is 311 g/mol. The number of furan rings is 1. The third kappa shape index (κ3) is 5.62. The summed E-state index contributed by atoms with van der Waals surface area (Å²) in [5.41, 5.74) is 4.00. The van der Waals surface area contributed by atoms with Gasteiger partial charge in [-0.2, -0.15) is 5.10 Å². The van der Waals surface area contributed by atoms with E-state index in [0.29, 0.717) is 11.5 Å². The summed E-state index contributed by atoms with van der Waals surface area (Å²) in [4.78, 5) is 23.2. The highest BCUT2D eigenvalue weighted by molar-refractivity contribution is 5.99. The van der Waals surface area contributed by atoms with Crippen molar-refractivity contribution in [2.75, 3.05) is 6.54 Å². The zero-order chi connectivity index (χ0) is 16.5. The fourth-order valence-electron chi connectivity index (χ4n) is 1.70. The van der Waals surface area contributed by atoms with Gasteiger partial charge in [-0.1, -0.05) is 30.3 Å². The Hall–Kier alpha value is -3.15. The monoisotopic (exact) mass is 311 g/mol. The molecule has 0 aliphatic heterocycles. The molecule has 0 aliphatic rings. The lowest BCUT2D eigenvalue weighted by atomic mass is 10.1. The minimum absolute atomic E-state index is 0.160. The molecule has 0 saturated heterocycles. The van der Waals surface area contributed by atoms with Crippen molar-refractivity contribution in [3.05, 3.63) is 66.1 Å². The van der Waals surface area contributed by atoms with Crippen molar-refractivity contribution in [1.82, 2.24) is 10.7 Å². The summed E-state index contributed by atoms with van der Waals surface area (Å²) in [7, 11) is 0. The molecule has 0 atom stereocenters. The quantitative estimate of drug-likeness (QED) is 0.486. The Balaban J connectivity index is 1.75.